The highest BCUT2D eigenvalue weighted by Crippen LogP contribution is 2.26. The molecule has 0 aliphatic carbocycles. The van der Waals surface area contributed by atoms with Gasteiger partial charge in [-0.25, -0.2) is 4.68 Å². The minimum atomic E-state index is -0.0237. The minimum absolute atomic E-state index is 0.0237. The molecule has 0 saturated carbocycles. The average molecular weight is 215 g/mol. The molecule has 2 N–H and O–H groups in total. The quantitative estimate of drug-likeness (QED) is 0.795. The van der Waals surface area contributed by atoms with Gasteiger partial charge in [-0.15, -0.1) is 0 Å². The summed E-state index contributed by atoms with van der Waals surface area (Å²) < 4.78 is 1.83. The van der Waals surface area contributed by atoms with Crippen LogP contribution in [0.25, 0.3) is 5.69 Å². The van der Waals surface area contributed by atoms with E-state index in [-0.39, 0.29) is 5.41 Å². The van der Waals surface area contributed by atoms with E-state index in [1.807, 2.05) is 41.2 Å². The molecular weight excluding hydrogens is 198 g/mol. The molecule has 0 aliphatic heterocycles. The predicted molar refractivity (Wildman–Crippen MR) is 66.7 cm³/mol. The molecule has 84 valence electrons. The van der Waals surface area contributed by atoms with Crippen LogP contribution in [0.5, 0.6) is 0 Å². The molecule has 0 fully saturated rings. The van der Waals surface area contributed by atoms with Gasteiger partial charge in [-0.2, -0.15) is 5.10 Å². The van der Waals surface area contributed by atoms with Gasteiger partial charge in [0.25, 0.3) is 0 Å². The number of para-hydroxylation sites is 1. The third-order valence-electron chi connectivity index (χ3n) is 2.47. The molecule has 0 aliphatic rings. The van der Waals surface area contributed by atoms with E-state index in [0.29, 0.717) is 0 Å². The largest absolute Gasteiger partial charge is 0.396 e. The highest BCUT2D eigenvalue weighted by atomic mass is 15.3. The molecule has 2 aromatic rings. The molecule has 3 nitrogen and oxygen atoms in total. The molecule has 1 aromatic heterocycles. The first-order valence-electron chi connectivity index (χ1n) is 5.39. The molecule has 16 heavy (non-hydrogen) atoms. The molecule has 0 spiro atoms. The lowest BCUT2D eigenvalue weighted by Gasteiger charge is -2.15. The van der Waals surface area contributed by atoms with Crippen LogP contribution in [0.15, 0.2) is 36.5 Å². The topological polar surface area (TPSA) is 43.8 Å². The molecule has 1 aromatic carbocycles. The maximum Gasteiger partial charge on any atom is 0.0911 e. The first kappa shape index (κ1) is 10.7. The van der Waals surface area contributed by atoms with Gasteiger partial charge in [0.2, 0.25) is 0 Å². The average Bonchev–Trinajstić information content (AvgIpc) is 2.61. The van der Waals surface area contributed by atoms with E-state index in [1.165, 1.54) is 0 Å². The Kier molecular flexibility index (Phi) is 2.46. The van der Waals surface area contributed by atoms with Crippen LogP contribution in [0.2, 0.25) is 0 Å². The smallest absolute Gasteiger partial charge is 0.0911 e. The fourth-order valence-electron chi connectivity index (χ4n) is 1.68. The van der Waals surface area contributed by atoms with Gasteiger partial charge in [0.15, 0.2) is 0 Å². The monoisotopic (exact) mass is 215 g/mol. The molecule has 0 atom stereocenters. The van der Waals surface area contributed by atoms with Gasteiger partial charge in [-0.3, -0.25) is 0 Å². The number of hydrogen-bond acceptors (Lipinski definition) is 2. The van der Waals surface area contributed by atoms with Crippen molar-refractivity contribution >= 4 is 5.69 Å². The lowest BCUT2D eigenvalue weighted by Crippen LogP contribution is -2.14. The van der Waals surface area contributed by atoms with Crippen molar-refractivity contribution in [2.45, 2.75) is 26.2 Å². The number of nitrogen functional groups attached to an aromatic ring is 1. The molecule has 0 amide bonds. The highest BCUT2D eigenvalue weighted by Gasteiger charge is 2.21. The lowest BCUT2D eigenvalue weighted by molar-refractivity contribution is 0.562. The minimum Gasteiger partial charge on any atom is -0.396 e. The molecule has 3 heteroatoms. The summed E-state index contributed by atoms with van der Waals surface area (Å²) in [5.74, 6) is 0. The fraction of sp³-hybridized carbons (Fsp3) is 0.308. The van der Waals surface area contributed by atoms with Gasteiger partial charge in [-0.1, -0.05) is 39.0 Å². The molecule has 0 saturated heterocycles. The van der Waals surface area contributed by atoms with Crippen molar-refractivity contribution in [1.82, 2.24) is 9.78 Å². The maximum atomic E-state index is 5.98. The van der Waals surface area contributed by atoms with Crippen molar-refractivity contribution in [3.63, 3.8) is 0 Å². The summed E-state index contributed by atoms with van der Waals surface area (Å²) >= 11 is 0. The van der Waals surface area contributed by atoms with Gasteiger partial charge >= 0.3 is 0 Å². The summed E-state index contributed by atoms with van der Waals surface area (Å²) in [4.78, 5) is 0. The van der Waals surface area contributed by atoms with E-state index >= 15 is 0 Å². The second-order valence-corrected chi connectivity index (χ2v) is 4.96. The highest BCUT2D eigenvalue weighted by molar-refractivity contribution is 5.47. The molecule has 0 radical (unpaired) electrons. The summed E-state index contributed by atoms with van der Waals surface area (Å²) in [5, 5.41) is 4.54. The van der Waals surface area contributed by atoms with Crippen molar-refractivity contribution in [3.8, 4) is 5.69 Å². The Morgan fingerprint density at radius 1 is 1.12 bits per heavy atom. The summed E-state index contributed by atoms with van der Waals surface area (Å²) in [7, 11) is 0. The molecule has 0 bridgehead atoms. The van der Waals surface area contributed by atoms with Gasteiger partial charge in [0.05, 0.1) is 23.3 Å². The van der Waals surface area contributed by atoms with Gasteiger partial charge in [0, 0.05) is 5.41 Å². The van der Waals surface area contributed by atoms with E-state index < -0.39 is 0 Å². The van der Waals surface area contributed by atoms with Crippen molar-refractivity contribution in [2.24, 2.45) is 0 Å². The van der Waals surface area contributed by atoms with Crippen molar-refractivity contribution in [2.75, 3.05) is 5.73 Å². The van der Waals surface area contributed by atoms with Crippen LogP contribution in [0.1, 0.15) is 26.5 Å². The Bertz CT molecular complexity index is 478. The number of rotatable bonds is 1. The van der Waals surface area contributed by atoms with E-state index in [1.54, 1.807) is 0 Å². The van der Waals surface area contributed by atoms with E-state index in [4.69, 9.17) is 5.73 Å². The standard InChI is InChI=1S/C13H17N3/c1-13(2,3)12-11(14)9-16(15-12)10-7-5-4-6-8-10/h4-9H,14H2,1-3H3. The van der Waals surface area contributed by atoms with Gasteiger partial charge in [-0.05, 0) is 12.1 Å². The van der Waals surface area contributed by atoms with Crippen molar-refractivity contribution < 1.29 is 0 Å². The Hall–Kier alpha value is -1.77. The van der Waals surface area contributed by atoms with E-state index in [0.717, 1.165) is 17.1 Å². The van der Waals surface area contributed by atoms with Crippen LogP contribution >= 0.6 is 0 Å². The number of hydrogen-bond donors (Lipinski definition) is 1. The Morgan fingerprint density at radius 2 is 1.75 bits per heavy atom. The normalized spacial score (nSPS) is 11.7. The second-order valence-electron chi connectivity index (χ2n) is 4.96. The lowest BCUT2D eigenvalue weighted by atomic mass is 9.92. The maximum absolute atomic E-state index is 5.98. The number of benzene rings is 1. The number of aromatic nitrogens is 2. The Morgan fingerprint density at radius 3 is 2.25 bits per heavy atom. The summed E-state index contributed by atoms with van der Waals surface area (Å²) in [5.41, 5.74) is 8.68. The van der Waals surface area contributed by atoms with Crippen LogP contribution in [0.3, 0.4) is 0 Å². The second kappa shape index (κ2) is 3.67. The number of anilines is 1. The molecule has 1 heterocycles. The third kappa shape index (κ3) is 1.94. The third-order valence-corrected chi connectivity index (χ3v) is 2.47. The fourth-order valence-corrected chi connectivity index (χ4v) is 1.68. The predicted octanol–water partition coefficient (Wildman–Crippen LogP) is 2.75. The summed E-state index contributed by atoms with van der Waals surface area (Å²) in [6.07, 6.45) is 1.87. The van der Waals surface area contributed by atoms with Crippen LogP contribution < -0.4 is 5.73 Å². The molecule has 0 unspecified atom stereocenters. The van der Waals surface area contributed by atoms with E-state index in [2.05, 4.69) is 25.9 Å². The van der Waals surface area contributed by atoms with E-state index in [9.17, 15) is 0 Å². The Balaban J connectivity index is 2.47. The first-order valence-corrected chi connectivity index (χ1v) is 5.39. The first-order chi connectivity index (χ1) is 7.48. The van der Waals surface area contributed by atoms with Gasteiger partial charge < -0.3 is 5.73 Å². The van der Waals surface area contributed by atoms with Crippen LogP contribution in [0, 0.1) is 0 Å². The zero-order valence-corrected chi connectivity index (χ0v) is 9.94. The van der Waals surface area contributed by atoms with Crippen molar-refractivity contribution in [3.05, 3.63) is 42.2 Å². The molecule has 2 rings (SSSR count). The number of nitrogens with two attached hydrogens (primary N) is 1. The Labute approximate surface area is 95.9 Å². The van der Waals surface area contributed by atoms with Gasteiger partial charge in [0.1, 0.15) is 0 Å². The number of nitrogens with zero attached hydrogens (tertiary/aromatic N) is 2. The van der Waals surface area contributed by atoms with Crippen molar-refractivity contribution in [1.29, 1.82) is 0 Å². The van der Waals surface area contributed by atoms with Crippen LogP contribution in [-0.4, -0.2) is 9.78 Å². The SMILES string of the molecule is CC(C)(C)c1nn(-c2ccccc2)cc1N. The summed E-state index contributed by atoms with van der Waals surface area (Å²) in [6, 6.07) is 9.99. The zero-order chi connectivity index (χ0) is 11.8. The molecular formula is C13H17N3. The summed E-state index contributed by atoms with van der Waals surface area (Å²) in [6.45, 7) is 6.34. The zero-order valence-electron chi connectivity index (χ0n) is 9.94. The van der Waals surface area contributed by atoms with Crippen LogP contribution in [0.4, 0.5) is 5.69 Å². The van der Waals surface area contributed by atoms with Crippen LogP contribution in [-0.2, 0) is 5.41 Å².